The summed E-state index contributed by atoms with van der Waals surface area (Å²) in [6.45, 7) is 8.14. The fourth-order valence-corrected chi connectivity index (χ4v) is 4.32. The molecule has 0 bridgehead atoms. The molecule has 8 nitrogen and oxygen atoms in total. The summed E-state index contributed by atoms with van der Waals surface area (Å²) in [5.74, 6) is -0.219. The number of rotatable bonds is 6. The number of aromatic nitrogens is 3. The summed E-state index contributed by atoms with van der Waals surface area (Å²) < 4.78 is 5.62. The number of para-hydroxylation sites is 1. The number of fused-ring (bicyclic) bond motifs is 2. The molecule has 2 N–H and O–H groups in total. The van der Waals surface area contributed by atoms with E-state index in [4.69, 9.17) is 16.6 Å². The first-order chi connectivity index (χ1) is 17.4. The Morgan fingerprint density at radius 2 is 1.69 bits per heavy atom. The van der Waals surface area contributed by atoms with Crippen molar-refractivity contribution in [2.75, 3.05) is 23.3 Å². The standard InChI is InChI=1S/C27H26N6O2S/c1-4-32(5-2)19-10-12-20(13-11-19)33-30-22-14-17(3)21(16-23(22)31-33)28-27(36)29-26(34)25-15-18-8-6-7-9-24(18)35-25/h6-16H,4-5H2,1-3H3,(H2,28,29,34,36). The van der Waals surface area contributed by atoms with Gasteiger partial charge < -0.3 is 14.6 Å². The lowest BCUT2D eigenvalue weighted by Crippen LogP contribution is -2.34. The Balaban J connectivity index is 1.32. The second kappa shape index (κ2) is 9.79. The summed E-state index contributed by atoms with van der Waals surface area (Å²) in [6.07, 6.45) is 0. The molecule has 0 fully saturated rings. The molecule has 36 heavy (non-hydrogen) atoms. The van der Waals surface area contributed by atoms with Crippen LogP contribution in [0.1, 0.15) is 30.0 Å². The molecule has 3 aromatic carbocycles. The van der Waals surface area contributed by atoms with Gasteiger partial charge in [0.05, 0.1) is 5.69 Å². The number of thiocarbonyl (C=S) groups is 1. The molecule has 2 heterocycles. The molecule has 0 aliphatic rings. The monoisotopic (exact) mass is 498 g/mol. The van der Waals surface area contributed by atoms with E-state index in [-0.39, 0.29) is 10.9 Å². The molecule has 9 heteroatoms. The lowest BCUT2D eigenvalue weighted by atomic mass is 10.2. The van der Waals surface area contributed by atoms with E-state index in [1.165, 1.54) is 5.69 Å². The average molecular weight is 499 g/mol. The van der Waals surface area contributed by atoms with Crippen LogP contribution in [0.2, 0.25) is 0 Å². The van der Waals surface area contributed by atoms with Gasteiger partial charge in [0.1, 0.15) is 16.6 Å². The highest BCUT2D eigenvalue weighted by Crippen LogP contribution is 2.23. The lowest BCUT2D eigenvalue weighted by molar-refractivity contribution is 0.0953. The summed E-state index contributed by atoms with van der Waals surface area (Å²) >= 11 is 5.38. The van der Waals surface area contributed by atoms with E-state index in [1.807, 2.05) is 55.5 Å². The Morgan fingerprint density at radius 3 is 2.39 bits per heavy atom. The lowest BCUT2D eigenvalue weighted by Gasteiger charge is -2.20. The number of furan rings is 1. The molecule has 0 radical (unpaired) electrons. The van der Waals surface area contributed by atoms with Gasteiger partial charge in [-0.3, -0.25) is 10.1 Å². The number of anilines is 2. The molecular formula is C27H26N6O2S. The minimum Gasteiger partial charge on any atom is -0.451 e. The van der Waals surface area contributed by atoms with Crippen molar-refractivity contribution < 1.29 is 9.21 Å². The predicted molar refractivity (Wildman–Crippen MR) is 147 cm³/mol. The number of carbonyl (C=O) groups is 1. The molecule has 0 aliphatic carbocycles. The van der Waals surface area contributed by atoms with Crippen LogP contribution in [0.3, 0.4) is 0 Å². The third-order valence-electron chi connectivity index (χ3n) is 6.06. The van der Waals surface area contributed by atoms with Crippen molar-refractivity contribution in [1.29, 1.82) is 0 Å². The maximum atomic E-state index is 12.6. The average Bonchev–Trinajstić information content (AvgIpc) is 3.49. The van der Waals surface area contributed by atoms with Gasteiger partial charge in [-0.15, -0.1) is 10.2 Å². The maximum Gasteiger partial charge on any atom is 0.293 e. The molecule has 0 saturated heterocycles. The molecule has 2 aromatic heterocycles. The van der Waals surface area contributed by atoms with Gasteiger partial charge in [0.2, 0.25) is 0 Å². The first-order valence-electron chi connectivity index (χ1n) is 11.8. The van der Waals surface area contributed by atoms with Crippen LogP contribution in [-0.4, -0.2) is 39.1 Å². The fourth-order valence-electron chi connectivity index (χ4n) is 4.12. The third kappa shape index (κ3) is 4.65. The first-order valence-corrected chi connectivity index (χ1v) is 12.2. The Hall–Kier alpha value is -4.24. The quantitative estimate of drug-likeness (QED) is 0.301. The van der Waals surface area contributed by atoms with Crippen molar-refractivity contribution in [1.82, 2.24) is 20.3 Å². The zero-order valence-electron chi connectivity index (χ0n) is 20.3. The molecular weight excluding hydrogens is 472 g/mol. The summed E-state index contributed by atoms with van der Waals surface area (Å²) in [7, 11) is 0. The number of nitrogens with zero attached hydrogens (tertiary/aromatic N) is 4. The van der Waals surface area contributed by atoms with Crippen LogP contribution in [0.4, 0.5) is 11.4 Å². The number of hydrogen-bond acceptors (Lipinski definition) is 6. The predicted octanol–water partition coefficient (Wildman–Crippen LogP) is 5.45. The second-order valence-electron chi connectivity index (χ2n) is 8.39. The zero-order valence-corrected chi connectivity index (χ0v) is 21.1. The topological polar surface area (TPSA) is 88.2 Å². The van der Waals surface area contributed by atoms with Crippen molar-refractivity contribution in [3.05, 3.63) is 78.1 Å². The van der Waals surface area contributed by atoms with Gasteiger partial charge in [-0.1, -0.05) is 18.2 Å². The van der Waals surface area contributed by atoms with Crippen molar-refractivity contribution >= 4 is 56.6 Å². The van der Waals surface area contributed by atoms with Gasteiger partial charge in [0.15, 0.2) is 10.9 Å². The van der Waals surface area contributed by atoms with Crippen LogP contribution in [0.25, 0.3) is 27.7 Å². The molecule has 182 valence electrons. The molecule has 1 amide bonds. The molecule has 0 spiro atoms. The Labute approximate surface area is 213 Å². The highest BCUT2D eigenvalue weighted by atomic mass is 32.1. The highest BCUT2D eigenvalue weighted by Gasteiger charge is 2.15. The second-order valence-corrected chi connectivity index (χ2v) is 8.80. The summed E-state index contributed by atoms with van der Waals surface area (Å²) in [4.78, 5) is 16.5. The SMILES string of the molecule is CCN(CC)c1ccc(-n2nc3cc(C)c(NC(=S)NC(=O)c4cc5ccccc5o4)cc3n2)cc1. The van der Waals surface area contributed by atoms with Crippen molar-refractivity contribution in [3.63, 3.8) is 0 Å². The molecule has 5 rings (SSSR count). The smallest absolute Gasteiger partial charge is 0.293 e. The van der Waals surface area contributed by atoms with Gasteiger partial charge in [0.25, 0.3) is 5.91 Å². The number of nitrogens with one attached hydrogen (secondary N) is 2. The highest BCUT2D eigenvalue weighted by molar-refractivity contribution is 7.80. The van der Waals surface area contributed by atoms with Gasteiger partial charge in [-0.05, 0) is 87.1 Å². The van der Waals surface area contributed by atoms with E-state index in [1.54, 1.807) is 10.9 Å². The number of benzene rings is 3. The minimum absolute atomic E-state index is 0.169. The maximum absolute atomic E-state index is 12.6. The number of hydrogen-bond donors (Lipinski definition) is 2. The van der Waals surface area contributed by atoms with E-state index in [2.05, 4.69) is 51.7 Å². The molecule has 0 aliphatic heterocycles. The van der Waals surface area contributed by atoms with Crippen LogP contribution in [-0.2, 0) is 0 Å². The minimum atomic E-state index is -0.415. The third-order valence-corrected chi connectivity index (χ3v) is 6.26. The van der Waals surface area contributed by atoms with Crippen LogP contribution in [0.15, 0.2) is 71.1 Å². The van der Waals surface area contributed by atoms with Crippen molar-refractivity contribution in [3.8, 4) is 5.69 Å². The Bertz CT molecular complexity index is 1530. The number of amides is 1. The van der Waals surface area contributed by atoms with Gasteiger partial charge in [-0.25, -0.2) is 0 Å². The van der Waals surface area contributed by atoms with E-state index < -0.39 is 5.91 Å². The summed E-state index contributed by atoms with van der Waals surface area (Å²) in [5.41, 5.74) is 5.83. The fraction of sp³-hybridized carbons (Fsp3) is 0.185. The van der Waals surface area contributed by atoms with Crippen molar-refractivity contribution in [2.45, 2.75) is 20.8 Å². The van der Waals surface area contributed by atoms with Gasteiger partial charge >= 0.3 is 0 Å². The zero-order chi connectivity index (χ0) is 25.2. The summed E-state index contributed by atoms with van der Waals surface area (Å²) in [5, 5.41) is 16.1. The summed E-state index contributed by atoms with van der Waals surface area (Å²) in [6, 6.07) is 21.1. The first kappa shape index (κ1) is 23.5. The van der Waals surface area contributed by atoms with E-state index >= 15 is 0 Å². The van der Waals surface area contributed by atoms with Crippen LogP contribution in [0.5, 0.6) is 0 Å². The van der Waals surface area contributed by atoms with E-state index in [0.717, 1.165) is 40.9 Å². The van der Waals surface area contributed by atoms with E-state index in [0.29, 0.717) is 11.1 Å². The molecule has 0 saturated carbocycles. The van der Waals surface area contributed by atoms with Crippen molar-refractivity contribution in [2.24, 2.45) is 0 Å². The molecule has 0 unspecified atom stereocenters. The normalized spacial score (nSPS) is 11.1. The van der Waals surface area contributed by atoms with Crippen LogP contribution in [0, 0.1) is 6.92 Å². The largest absolute Gasteiger partial charge is 0.451 e. The van der Waals surface area contributed by atoms with Gasteiger partial charge in [0, 0.05) is 29.9 Å². The van der Waals surface area contributed by atoms with Crippen LogP contribution < -0.4 is 15.5 Å². The molecule has 5 aromatic rings. The Kier molecular flexibility index (Phi) is 6.39. The Morgan fingerprint density at radius 1 is 1.00 bits per heavy atom. The van der Waals surface area contributed by atoms with E-state index in [9.17, 15) is 4.79 Å². The van der Waals surface area contributed by atoms with Gasteiger partial charge in [-0.2, -0.15) is 4.80 Å². The number of aryl methyl sites for hydroxylation is 1. The number of carbonyl (C=O) groups excluding carboxylic acids is 1. The molecule has 0 atom stereocenters. The van der Waals surface area contributed by atoms with Crippen LogP contribution >= 0.6 is 12.2 Å².